The highest BCUT2D eigenvalue weighted by atomic mass is 16.6. The molecule has 4 rings (SSSR count). The number of amides is 1. The van der Waals surface area contributed by atoms with Crippen molar-refractivity contribution in [2.45, 2.75) is 19.4 Å². The Morgan fingerprint density at radius 2 is 1.93 bits per heavy atom. The van der Waals surface area contributed by atoms with Gasteiger partial charge in [0.15, 0.2) is 0 Å². The fourth-order valence-corrected chi connectivity index (χ4v) is 3.58. The number of para-hydroxylation sites is 1. The van der Waals surface area contributed by atoms with E-state index in [1.165, 1.54) is 28.8 Å². The normalized spacial score (nSPS) is 13.4. The molecule has 0 bridgehead atoms. The number of nitrogens with zero attached hydrogens (tertiary/aromatic N) is 3. The lowest BCUT2D eigenvalue weighted by molar-refractivity contribution is -0.384. The maximum absolute atomic E-state index is 13.0. The van der Waals surface area contributed by atoms with Gasteiger partial charge in [-0.05, 0) is 36.6 Å². The zero-order valence-electron chi connectivity index (χ0n) is 14.5. The summed E-state index contributed by atoms with van der Waals surface area (Å²) >= 11 is 0. The van der Waals surface area contributed by atoms with E-state index in [2.05, 4.69) is 0 Å². The number of carbonyl (C=O) groups excluding carboxylic acids is 1. The lowest BCUT2D eigenvalue weighted by Gasteiger charge is -2.29. The van der Waals surface area contributed by atoms with Gasteiger partial charge in [0.1, 0.15) is 6.54 Å². The van der Waals surface area contributed by atoms with Crippen LogP contribution in [0.5, 0.6) is 0 Å². The number of pyridine rings is 1. The summed E-state index contributed by atoms with van der Waals surface area (Å²) in [7, 11) is 0. The first kappa shape index (κ1) is 17.0. The van der Waals surface area contributed by atoms with Crippen LogP contribution in [0.2, 0.25) is 0 Å². The number of carbonyl (C=O) groups is 1. The number of nitro benzene ring substituents is 1. The maximum atomic E-state index is 13.0. The number of non-ortho nitro benzene ring substituents is 1. The number of hydrogen-bond donors (Lipinski definition) is 0. The smallest absolute Gasteiger partial charge is 0.270 e. The Morgan fingerprint density at radius 3 is 2.74 bits per heavy atom. The average molecular weight is 363 g/mol. The molecule has 2 aromatic carbocycles. The second-order valence-electron chi connectivity index (χ2n) is 6.54. The number of hydrogen-bond acceptors (Lipinski definition) is 4. The summed E-state index contributed by atoms with van der Waals surface area (Å²) < 4.78 is 1.37. The van der Waals surface area contributed by atoms with E-state index in [-0.39, 0.29) is 23.7 Å². The molecule has 0 unspecified atom stereocenters. The van der Waals surface area contributed by atoms with Crippen LogP contribution < -0.4 is 10.5 Å². The van der Waals surface area contributed by atoms with Gasteiger partial charge in [0.05, 0.1) is 10.4 Å². The molecule has 1 aliphatic rings. The molecule has 0 saturated carbocycles. The molecule has 1 aliphatic heterocycles. The second-order valence-corrected chi connectivity index (χ2v) is 6.54. The SMILES string of the molecule is O=C(Cn1c(=O)ccc2cc([N+](=O)[O-])ccc21)N1CCCc2ccccc21. The van der Waals surface area contributed by atoms with E-state index in [1.54, 1.807) is 11.0 Å². The van der Waals surface area contributed by atoms with Crippen LogP contribution in [0.3, 0.4) is 0 Å². The first-order valence-electron chi connectivity index (χ1n) is 8.71. The minimum absolute atomic E-state index is 0.0519. The Morgan fingerprint density at radius 1 is 1.11 bits per heavy atom. The topological polar surface area (TPSA) is 85.4 Å². The predicted molar refractivity (Wildman–Crippen MR) is 102 cm³/mol. The highest BCUT2D eigenvalue weighted by Crippen LogP contribution is 2.27. The van der Waals surface area contributed by atoms with E-state index >= 15 is 0 Å². The van der Waals surface area contributed by atoms with Crippen LogP contribution in [0.25, 0.3) is 10.9 Å². The Kier molecular flexibility index (Phi) is 4.19. The molecule has 27 heavy (non-hydrogen) atoms. The van der Waals surface area contributed by atoms with Gasteiger partial charge in [-0.15, -0.1) is 0 Å². The van der Waals surface area contributed by atoms with Crippen molar-refractivity contribution >= 4 is 28.2 Å². The van der Waals surface area contributed by atoms with Crippen molar-refractivity contribution in [3.8, 4) is 0 Å². The van der Waals surface area contributed by atoms with Gasteiger partial charge in [-0.1, -0.05) is 18.2 Å². The molecule has 7 nitrogen and oxygen atoms in total. The highest BCUT2D eigenvalue weighted by molar-refractivity contribution is 5.95. The lowest BCUT2D eigenvalue weighted by atomic mass is 10.0. The third-order valence-electron chi connectivity index (χ3n) is 4.89. The van der Waals surface area contributed by atoms with Gasteiger partial charge < -0.3 is 4.90 Å². The van der Waals surface area contributed by atoms with E-state index < -0.39 is 4.92 Å². The molecule has 2 heterocycles. The van der Waals surface area contributed by atoms with E-state index in [9.17, 15) is 19.7 Å². The van der Waals surface area contributed by atoms with Gasteiger partial charge in [0, 0.05) is 35.8 Å². The number of benzene rings is 2. The van der Waals surface area contributed by atoms with Crippen LogP contribution in [0.15, 0.2) is 59.4 Å². The van der Waals surface area contributed by atoms with Gasteiger partial charge in [0.2, 0.25) is 5.91 Å². The van der Waals surface area contributed by atoms with Gasteiger partial charge >= 0.3 is 0 Å². The van der Waals surface area contributed by atoms with Crippen LogP contribution in [0, 0.1) is 10.1 Å². The number of aryl methyl sites for hydroxylation is 1. The predicted octanol–water partition coefficient (Wildman–Crippen LogP) is 2.89. The van der Waals surface area contributed by atoms with E-state index in [0.29, 0.717) is 17.4 Å². The molecule has 1 aromatic heterocycles. The molecule has 136 valence electrons. The van der Waals surface area contributed by atoms with Crippen molar-refractivity contribution in [3.05, 3.63) is 80.6 Å². The number of rotatable bonds is 3. The van der Waals surface area contributed by atoms with Gasteiger partial charge in [-0.3, -0.25) is 24.3 Å². The summed E-state index contributed by atoms with van der Waals surface area (Å²) in [5.41, 5.74) is 2.15. The quantitative estimate of drug-likeness (QED) is 0.529. The van der Waals surface area contributed by atoms with Gasteiger partial charge in [0.25, 0.3) is 11.2 Å². The Labute approximate surface area is 154 Å². The Balaban J connectivity index is 1.71. The van der Waals surface area contributed by atoms with Crippen LogP contribution in [0.4, 0.5) is 11.4 Å². The molecule has 1 amide bonds. The van der Waals surface area contributed by atoms with Crippen LogP contribution in [0.1, 0.15) is 12.0 Å². The summed E-state index contributed by atoms with van der Waals surface area (Å²) in [5.74, 6) is -0.171. The first-order valence-corrected chi connectivity index (χ1v) is 8.71. The third kappa shape index (κ3) is 3.08. The van der Waals surface area contributed by atoms with Crippen molar-refractivity contribution in [2.24, 2.45) is 0 Å². The summed E-state index contributed by atoms with van der Waals surface area (Å²) in [4.78, 5) is 37.5. The largest absolute Gasteiger partial charge is 0.311 e. The molecular formula is C20H17N3O4. The van der Waals surface area contributed by atoms with E-state index in [0.717, 1.165) is 24.1 Å². The Bertz CT molecular complexity index is 1120. The zero-order chi connectivity index (χ0) is 19.0. The molecule has 0 atom stereocenters. The minimum atomic E-state index is -0.481. The van der Waals surface area contributed by atoms with Gasteiger partial charge in [-0.2, -0.15) is 0 Å². The van der Waals surface area contributed by atoms with E-state index in [4.69, 9.17) is 0 Å². The first-order chi connectivity index (χ1) is 13.0. The maximum Gasteiger partial charge on any atom is 0.270 e. The molecule has 3 aromatic rings. The van der Waals surface area contributed by atoms with Crippen molar-refractivity contribution in [2.75, 3.05) is 11.4 Å². The fraction of sp³-hybridized carbons (Fsp3) is 0.200. The van der Waals surface area contributed by atoms with Crippen LogP contribution >= 0.6 is 0 Å². The monoisotopic (exact) mass is 363 g/mol. The van der Waals surface area contributed by atoms with Crippen LogP contribution in [-0.2, 0) is 17.8 Å². The number of fused-ring (bicyclic) bond motifs is 2. The summed E-state index contributed by atoms with van der Waals surface area (Å²) in [6.07, 6.45) is 1.80. The van der Waals surface area contributed by atoms with Crippen molar-refractivity contribution in [1.82, 2.24) is 4.57 Å². The molecule has 0 saturated heterocycles. The molecule has 7 heteroatoms. The van der Waals surface area contributed by atoms with Crippen molar-refractivity contribution < 1.29 is 9.72 Å². The molecule has 0 N–H and O–H groups in total. The lowest BCUT2D eigenvalue weighted by Crippen LogP contribution is -2.39. The summed E-state index contributed by atoms with van der Waals surface area (Å²) in [6, 6.07) is 14.9. The second kappa shape index (κ2) is 6.68. The van der Waals surface area contributed by atoms with E-state index in [1.807, 2.05) is 24.3 Å². The number of aromatic nitrogens is 1. The summed E-state index contributed by atoms with van der Waals surface area (Å²) in [6.45, 7) is 0.503. The molecule has 0 spiro atoms. The van der Waals surface area contributed by atoms with Crippen molar-refractivity contribution in [1.29, 1.82) is 0 Å². The molecule has 0 radical (unpaired) electrons. The van der Waals surface area contributed by atoms with Crippen LogP contribution in [-0.4, -0.2) is 21.9 Å². The number of anilines is 1. The molecule has 0 aliphatic carbocycles. The number of nitro groups is 1. The summed E-state index contributed by atoms with van der Waals surface area (Å²) in [5, 5.41) is 11.5. The third-order valence-corrected chi connectivity index (χ3v) is 4.89. The Hall–Kier alpha value is -3.48. The average Bonchev–Trinajstić information content (AvgIpc) is 2.69. The van der Waals surface area contributed by atoms with Crippen molar-refractivity contribution in [3.63, 3.8) is 0 Å². The molecule has 0 fully saturated rings. The zero-order valence-corrected chi connectivity index (χ0v) is 14.5. The van der Waals surface area contributed by atoms with Gasteiger partial charge in [-0.25, -0.2) is 0 Å². The standard InChI is InChI=1S/C20H17N3O4/c24-19-10-7-15-12-16(23(26)27)8-9-18(15)22(19)13-20(25)21-11-3-5-14-4-1-2-6-17(14)21/h1-2,4,6-10,12H,3,5,11,13H2. The fourth-order valence-electron chi connectivity index (χ4n) is 3.58. The highest BCUT2D eigenvalue weighted by Gasteiger charge is 2.23. The minimum Gasteiger partial charge on any atom is -0.311 e. The molecular weight excluding hydrogens is 346 g/mol.